The van der Waals surface area contributed by atoms with Gasteiger partial charge in [0.05, 0.1) is 37.0 Å². The van der Waals surface area contributed by atoms with Gasteiger partial charge in [-0.1, -0.05) is 63.8 Å². The topological polar surface area (TPSA) is 132 Å². The van der Waals surface area contributed by atoms with Gasteiger partial charge >= 0.3 is 0 Å². The lowest BCUT2D eigenvalue weighted by Gasteiger charge is -2.14. The highest BCUT2D eigenvalue weighted by atomic mass is 32.2. The highest BCUT2D eigenvalue weighted by molar-refractivity contribution is 7.86. The van der Waals surface area contributed by atoms with Gasteiger partial charge in [0.25, 0.3) is 0 Å². The van der Waals surface area contributed by atoms with Crippen LogP contribution in [0.3, 0.4) is 0 Å². The molecule has 0 spiro atoms. The molecule has 42 heavy (non-hydrogen) atoms. The van der Waals surface area contributed by atoms with E-state index in [1.165, 1.54) is 88.7 Å². The number of fused-ring (bicyclic) bond motifs is 1. The Hall–Kier alpha value is -3.06. The first kappa shape index (κ1) is 35.1. The third-order valence-corrected chi connectivity index (χ3v) is 8.36. The number of unbranched alkanes of at least 4 members (excludes halogenated alkanes) is 6. The molecule has 0 atom stereocenters. The normalized spacial score (nSPS) is 11.5. The summed E-state index contributed by atoms with van der Waals surface area (Å²) in [6, 6.07) is 7.09. The Morgan fingerprint density at radius 2 is 1.00 bits per heavy atom. The van der Waals surface area contributed by atoms with E-state index in [1.807, 2.05) is 0 Å². The molecule has 2 aromatic heterocycles. The van der Waals surface area contributed by atoms with Crippen molar-refractivity contribution in [2.24, 2.45) is 14.1 Å². The molecule has 4 aromatic rings. The van der Waals surface area contributed by atoms with Crippen LogP contribution in [0.1, 0.15) is 65.2 Å². The predicted molar refractivity (Wildman–Crippen MR) is 159 cm³/mol. The summed E-state index contributed by atoms with van der Waals surface area (Å²) in [7, 11) is -5.36. The van der Waals surface area contributed by atoms with Crippen LogP contribution in [0.15, 0.2) is 83.6 Å². The maximum atomic E-state index is 11.0. The minimum absolute atomic E-state index is 0.0792. The summed E-state index contributed by atoms with van der Waals surface area (Å²) in [4.78, 5) is -1.10. The molecule has 2 aromatic carbocycles. The Labute approximate surface area is 250 Å². The van der Waals surface area contributed by atoms with Gasteiger partial charge < -0.3 is 9.11 Å². The van der Waals surface area contributed by atoms with Crippen molar-refractivity contribution in [1.29, 1.82) is 0 Å². The highest BCUT2D eigenvalue weighted by Gasteiger charge is 2.12. The van der Waals surface area contributed by atoms with Crippen LogP contribution in [0, 0.1) is 0 Å². The molecular formula is C30H44N4O6S2. The minimum atomic E-state index is -4.74. The lowest BCUT2D eigenvalue weighted by Crippen LogP contribution is -2.23. The smallest absolute Gasteiger partial charge is 0.243 e. The van der Waals surface area contributed by atoms with Crippen molar-refractivity contribution in [2.45, 2.75) is 88.1 Å². The summed E-state index contributed by atoms with van der Waals surface area (Å²) in [5.74, 6) is 0. The van der Waals surface area contributed by atoms with Gasteiger partial charge in [0.1, 0.15) is 45.0 Å². The van der Waals surface area contributed by atoms with Gasteiger partial charge in [-0.3, -0.25) is 0 Å². The lowest BCUT2D eigenvalue weighted by molar-refractivity contribution is -0.671. The van der Waals surface area contributed by atoms with Crippen molar-refractivity contribution in [3.05, 3.63) is 73.8 Å². The van der Waals surface area contributed by atoms with Crippen molar-refractivity contribution >= 4 is 31.0 Å². The van der Waals surface area contributed by atoms with Crippen molar-refractivity contribution in [3.8, 4) is 0 Å². The van der Waals surface area contributed by atoms with Crippen LogP contribution in [0.5, 0.6) is 0 Å². The van der Waals surface area contributed by atoms with Crippen LogP contribution in [0.4, 0.5) is 0 Å². The molecule has 0 amide bonds. The lowest BCUT2D eigenvalue weighted by atomic mass is 10.1. The third-order valence-electron chi connectivity index (χ3n) is 6.57. The first-order chi connectivity index (χ1) is 19.9. The van der Waals surface area contributed by atoms with Crippen LogP contribution < -0.4 is 9.13 Å². The Bertz CT molecular complexity index is 1480. The average Bonchev–Trinajstić information content (AvgIpc) is 3.55. The molecular weight excluding hydrogens is 576 g/mol. The maximum absolute atomic E-state index is 11.0. The summed E-state index contributed by atoms with van der Waals surface area (Å²) in [6.45, 7) is 6.83. The monoisotopic (exact) mass is 620 g/mol. The second-order valence-corrected chi connectivity index (χ2v) is 13.0. The van der Waals surface area contributed by atoms with E-state index in [0.717, 1.165) is 12.1 Å². The van der Waals surface area contributed by atoms with Gasteiger partial charge in [-0.2, -0.15) is 0 Å². The molecule has 0 radical (unpaired) electrons. The van der Waals surface area contributed by atoms with Crippen molar-refractivity contribution in [3.63, 3.8) is 0 Å². The fourth-order valence-corrected chi connectivity index (χ4v) is 5.78. The number of nitrogens with zero attached hydrogens (tertiary/aromatic N) is 4. The Morgan fingerprint density at radius 1 is 0.619 bits per heavy atom. The van der Waals surface area contributed by atoms with E-state index in [0.29, 0.717) is 0 Å². The van der Waals surface area contributed by atoms with E-state index in [1.54, 1.807) is 0 Å². The van der Waals surface area contributed by atoms with Gasteiger partial charge in [0.2, 0.25) is 12.7 Å². The molecule has 0 aliphatic heterocycles. The largest absolute Gasteiger partial charge is 0.744 e. The van der Waals surface area contributed by atoms with Crippen molar-refractivity contribution in [1.82, 2.24) is 9.13 Å². The molecule has 2 heterocycles. The van der Waals surface area contributed by atoms with E-state index in [-0.39, 0.29) is 10.8 Å². The molecule has 0 aliphatic rings. The van der Waals surface area contributed by atoms with E-state index >= 15 is 0 Å². The molecule has 4 rings (SSSR count). The summed E-state index contributed by atoms with van der Waals surface area (Å²) in [6.07, 6.45) is 23.4. The van der Waals surface area contributed by atoms with Gasteiger partial charge in [-0.05, 0) is 37.8 Å². The first-order valence-electron chi connectivity index (χ1n) is 14.3. The molecule has 0 aliphatic carbocycles. The van der Waals surface area contributed by atoms with Crippen molar-refractivity contribution in [2.75, 3.05) is 0 Å². The van der Waals surface area contributed by atoms with Crippen LogP contribution in [-0.2, 0) is 47.4 Å². The Kier molecular flexibility index (Phi) is 14.3. The molecule has 0 unspecified atom stereocenters. The first-order valence-corrected chi connectivity index (χ1v) is 17.1. The fourth-order valence-electron chi connectivity index (χ4n) is 4.40. The summed E-state index contributed by atoms with van der Waals surface area (Å²) >= 11 is 0. The van der Waals surface area contributed by atoms with Crippen LogP contribution in [0.25, 0.3) is 10.8 Å². The van der Waals surface area contributed by atoms with Crippen LogP contribution >= 0.6 is 0 Å². The van der Waals surface area contributed by atoms with E-state index in [2.05, 4.69) is 83.7 Å². The molecule has 10 nitrogen and oxygen atoms in total. The quantitative estimate of drug-likeness (QED) is 0.131. The molecule has 0 fully saturated rings. The number of benzene rings is 2. The number of aryl methyl sites for hydroxylation is 4. The molecule has 12 heteroatoms. The fraction of sp³-hybridized carbons (Fsp3) is 0.467. The maximum Gasteiger partial charge on any atom is 0.243 e. The molecule has 232 valence electrons. The predicted octanol–water partition coefficient (Wildman–Crippen LogP) is 4.43. The number of aromatic nitrogens is 4. The number of hydrogen-bond donors (Lipinski definition) is 0. The van der Waals surface area contributed by atoms with Gasteiger partial charge in [0.15, 0.2) is 0 Å². The molecule has 0 N–H and O–H groups in total. The zero-order valence-electron chi connectivity index (χ0n) is 25.1. The minimum Gasteiger partial charge on any atom is -0.744 e. The second kappa shape index (κ2) is 17.2. The summed E-state index contributed by atoms with van der Waals surface area (Å²) in [5.41, 5.74) is 0. The zero-order chi connectivity index (χ0) is 31.2. The zero-order valence-corrected chi connectivity index (χ0v) is 26.7. The molecule has 0 saturated heterocycles. The van der Waals surface area contributed by atoms with E-state index in [9.17, 15) is 25.9 Å². The van der Waals surface area contributed by atoms with Crippen LogP contribution in [0.2, 0.25) is 0 Å². The molecule has 0 saturated carbocycles. The Morgan fingerprint density at radius 3 is 1.29 bits per heavy atom. The Balaban J connectivity index is 0.000000228. The van der Waals surface area contributed by atoms with Crippen LogP contribution in [-0.4, -0.2) is 35.1 Å². The number of rotatable bonds is 12. The molecule has 0 bridgehead atoms. The second-order valence-electron chi connectivity index (χ2n) is 10.3. The van der Waals surface area contributed by atoms with Gasteiger partial charge in [0, 0.05) is 10.8 Å². The van der Waals surface area contributed by atoms with Crippen molar-refractivity contribution < 1.29 is 35.1 Å². The summed E-state index contributed by atoms with van der Waals surface area (Å²) in [5, 5.41) is -0.158. The van der Waals surface area contributed by atoms with E-state index in [4.69, 9.17) is 0 Å². The summed E-state index contributed by atoms with van der Waals surface area (Å²) < 4.78 is 74.8. The number of hydrogen-bond acceptors (Lipinski definition) is 6. The van der Waals surface area contributed by atoms with Gasteiger partial charge in [-0.15, -0.1) is 0 Å². The van der Waals surface area contributed by atoms with E-state index < -0.39 is 30.0 Å². The number of imidazole rings is 2. The standard InChI is InChI=1S/2C10H19N2.C10H8O6S2/c2*1-3-4-5-6-7-12-9-8-11(2)10-12;11-17(12,13)9-5-1-3-7-8(9)4-2-6-10(7)18(14,15)16/h2*8-10H,3-7H2,1-2H3;1-6H,(H,11,12,13)(H,14,15,16)/q2*+1;/p-2. The third kappa shape index (κ3) is 12.0. The average molecular weight is 621 g/mol. The highest BCUT2D eigenvalue weighted by Crippen LogP contribution is 2.27. The SMILES string of the molecule is CCCCCCn1cc[n+](C)c1.CCCCCCn1cc[n+](C)c1.O=S(=O)([O-])c1cccc2c(S(=O)(=O)[O-])cccc12. The van der Waals surface area contributed by atoms with Gasteiger partial charge in [-0.25, -0.2) is 35.1 Å².